The standard InChI is InChI=1S/C14H16FN3O2/c15-11-3-4-12(10(7-11)8-16)17-14(20)18-13(5-6-19)9-1-2-9/h3-4,7,9,13,19H,1-2,5-6H2,(H2,17,18,20)/t13-/m1/s1. The Morgan fingerprint density at radius 3 is 2.90 bits per heavy atom. The summed E-state index contributed by atoms with van der Waals surface area (Å²) in [5.41, 5.74) is 0.343. The highest BCUT2D eigenvalue weighted by atomic mass is 19.1. The Morgan fingerprint density at radius 2 is 2.30 bits per heavy atom. The monoisotopic (exact) mass is 277 g/mol. The van der Waals surface area contributed by atoms with Gasteiger partial charge in [0.1, 0.15) is 11.9 Å². The third-order valence-corrected chi connectivity index (χ3v) is 3.30. The second-order valence-corrected chi connectivity index (χ2v) is 4.86. The van der Waals surface area contributed by atoms with Crippen LogP contribution < -0.4 is 10.6 Å². The Labute approximate surface area is 116 Å². The van der Waals surface area contributed by atoms with Crippen molar-refractivity contribution in [2.75, 3.05) is 11.9 Å². The van der Waals surface area contributed by atoms with E-state index < -0.39 is 11.8 Å². The van der Waals surface area contributed by atoms with Gasteiger partial charge in [-0.2, -0.15) is 5.26 Å². The van der Waals surface area contributed by atoms with Gasteiger partial charge in [-0.25, -0.2) is 9.18 Å². The zero-order valence-corrected chi connectivity index (χ0v) is 10.9. The van der Waals surface area contributed by atoms with Crippen molar-refractivity contribution in [3.05, 3.63) is 29.6 Å². The highest BCUT2D eigenvalue weighted by Gasteiger charge is 2.31. The molecule has 1 saturated carbocycles. The zero-order valence-electron chi connectivity index (χ0n) is 10.9. The number of carbonyl (C=O) groups excluding carboxylic acids is 1. The van der Waals surface area contributed by atoms with Gasteiger partial charge in [-0.15, -0.1) is 0 Å². The van der Waals surface area contributed by atoms with Gasteiger partial charge in [0.2, 0.25) is 0 Å². The second kappa shape index (κ2) is 6.35. The fourth-order valence-electron chi connectivity index (χ4n) is 2.11. The van der Waals surface area contributed by atoms with Crippen LogP contribution in [0.3, 0.4) is 0 Å². The SMILES string of the molecule is N#Cc1cc(F)ccc1NC(=O)N[C@H](CCO)C1CC1. The Kier molecular flexibility index (Phi) is 4.53. The highest BCUT2D eigenvalue weighted by molar-refractivity contribution is 5.90. The minimum absolute atomic E-state index is 0.0153. The minimum atomic E-state index is -0.524. The molecular weight excluding hydrogens is 261 g/mol. The van der Waals surface area contributed by atoms with Crippen LogP contribution in [-0.4, -0.2) is 23.8 Å². The van der Waals surface area contributed by atoms with E-state index in [0.29, 0.717) is 12.3 Å². The molecule has 20 heavy (non-hydrogen) atoms. The topological polar surface area (TPSA) is 85.2 Å². The summed E-state index contributed by atoms with van der Waals surface area (Å²) in [4.78, 5) is 11.9. The molecule has 0 aromatic heterocycles. The van der Waals surface area contributed by atoms with Crippen LogP contribution in [0.5, 0.6) is 0 Å². The summed E-state index contributed by atoms with van der Waals surface area (Å²) in [6, 6.07) is 4.93. The number of carbonyl (C=O) groups is 1. The molecule has 2 rings (SSSR count). The smallest absolute Gasteiger partial charge is 0.319 e. The molecule has 0 aliphatic heterocycles. The van der Waals surface area contributed by atoms with Crippen molar-refractivity contribution in [2.24, 2.45) is 5.92 Å². The lowest BCUT2D eigenvalue weighted by Crippen LogP contribution is -2.40. The number of aliphatic hydroxyl groups excluding tert-OH is 1. The Morgan fingerprint density at radius 1 is 1.55 bits per heavy atom. The number of nitriles is 1. The molecule has 1 aromatic carbocycles. The van der Waals surface area contributed by atoms with Crippen LogP contribution in [-0.2, 0) is 0 Å². The third-order valence-electron chi connectivity index (χ3n) is 3.30. The van der Waals surface area contributed by atoms with E-state index in [-0.39, 0.29) is 23.9 Å². The average molecular weight is 277 g/mol. The number of nitrogens with zero attached hydrogens (tertiary/aromatic N) is 1. The summed E-state index contributed by atoms with van der Waals surface area (Å²) in [5.74, 6) is -0.111. The molecule has 2 amide bonds. The fraction of sp³-hybridized carbons (Fsp3) is 0.429. The normalized spacial score (nSPS) is 15.2. The highest BCUT2D eigenvalue weighted by Crippen LogP contribution is 2.33. The van der Waals surface area contributed by atoms with Gasteiger partial charge in [0.05, 0.1) is 11.3 Å². The quantitative estimate of drug-likeness (QED) is 0.769. The Hall–Kier alpha value is -2.13. The molecule has 1 aliphatic carbocycles. The average Bonchev–Trinajstić information content (AvgIpc) is 3.24. The molecule has 0 unspecified atom stereocenters. The van der Waals surface area contributed by atoms with Gasteiger partial charge in [-0.05, 0) is 43.4 Å². The number of halogens is 1. The minimum Gasteiger partial charge on any atom is -0.396 e. The van der Waals surface area contributed by atoms with Crippen molar-refractivity contribution in [2.45, 2.75) is 25.3 Å². The maximum absolute atomic E-state index is 13.0. The number of aliphatic hydroxyl groups is 1. The molecule has 1 atom stereocenters. The first kappa shape index (κ1) is 14.3. The molecule has 1 aromatic rings. The van der Waals surface area contributed by atoms with Crippen molar-refractivity contribution < 1.29 is 14.3 Å². The number of hydrogen-bond acceptors (Lipinski definition) is 3. The predicted octanol–water partition coefficient (Wildman–Crippen LogP) is 1.98. The maximum Gasteiger partial charge on any atom is 0.319 e. The third kappa shape index (κ3) is 3.68. The molecule has 5 nitrogen and oxygen atoms in total. The van der Waals surface area contributed by atoms with E-state index in [1.54, 1.807) is 0 Å². The molecule has 0 saturated heterocycles. The molecule has 6 heteroatoms. The van der Waals surface area contributed by atoms with E-state index in [1.807, 2.05) is 6.07 Å². The van der Waals surface area contributed by atoms with Crippen LogP contribution in [0.4, 0.5) is 14.9 Å². The zero-order chi connectivity index (χ0) is 14.5. The summed E-state index contributed by atoms with van der Waals surface area (Å²) in [7, 11) is 0. The van der Waals surface area contributed by atoms with Gasteiger partial charge in [0, 0.05) is 12.6 Å². The van der Waals surface area contributed by atoms with E-state index in [9.17, 15) is 9.18 Å². The lowest BCUT2D eigenvalue weighted by atomic mass is 10.1. The fourth-order valence-corrected chi connectivity index (χ4v) is 2.11. The van der Waals surface area contributed by atoms with Crippen LogP contribution in [0.25, 0.3) is 0 Å². The lowest BCUT2D eigenvalue weighted by Gasteiger charge is -2.17. The molecule has 3 N–H and O–H groups in total. The summed E-state index contributed by atoms with van der Waals surface area (Å²) in [6.45, 7) is 0.0153. The molecular formula is C14H16FN3O2. The van der Waals surface area contributed by atoms with Crippen molar-refractivity contribution >= 4 is 11.7 Å². The van der Waals surface area contributed by atoms with E-state index in [0.717, 1.165) is 18.9 Å². The van der Waals surface area contributed by atoms with E-state index in [4.69, 9.17) is 10.4 Å². The molecule has 0 bridgehead atoms. The first-order valence-corrected chi connectivity index (χ1v) is 6.52. The van der Waals surface area contributed by atoms with Crippen LogP contribution >= 0.6 is 0 Å². The number of rotatable bonds is 5. The predicted molar refractivity (Wildman–Crippen MR) is 71.5 cm³/mol. The van der Waals surface area contributed by atoms with Crippen LogP contribution in [0.15, 0.2) is 18.2 Å². The number of hydrogen-bond donors (Lipinski definition) is 3. The molecule has 106 valence electrons. The van der Waals surface area contributed by atoms with Crippen LogP contribution in [0.1, 0.15) is 24.8 Å². The number of nitrogens with one attached hydrogen (secondary N) is 2. The first-order chi connectivity index (χ1) is 9.63. The van der Waals surface area contributed by atoms with Gasteiger partial charge < -0.3 is 15.7 Å². The van der Waals surface area contributed by atoms with Crippen molar-refractivity contribution in [1.29, 1.82) is 5.26 Å². The van der Waals surface area contributed by atoms with Gasteiger partial charge in [-0.3, -0.25) is 0 Å². The Bertz CT molecular complexity index is 538. The maximum atomic E-state index is 13.0. The van der Waals surface area contributed by atoms with Gasteiger partial charge in [0.25, 0.3) is 0 Å². The second-order valence-electron chi connectivity index (χ2n) is 4.86. The van der Waals surface area contributed by atoms with Crippen LogP contribution in [0, 0.1) is 23.1 Å². The van der Waals surface area contributed by atoms with E-state index >= 15 is 0 Å². The van der Waals surface area contributed by atoms with E-state index in [1.165, 1.54) is 12.1 Å². The van der Waals surface area contributed by atoms with E-state index in [2.05, 4.69) is 10.6 Å². The van der Waals surface area contributed by atoms with Crippen molar-refractivity contribution in [3.8, 4) is 6.07 Å². The molecule has 1 aliphatic rings. The van der Waals surface area contributed by atoms with Gasteiger partial charge in [-0.1, -0.05) is 0 Å². The molecule has 0 heterocycles. The summed E-state index contributed by atoms with van der Waals surface area (Å²) < 4.78 is 13.0. The Balaban J connectivity index is 1.99. The number of amides is 2. The lowest BCUT2D eigenvalue weighted by molar-refractivity contribution is 0.234. The summed E-state index contributed by atoms with van der Waals surface area (Å²) in [6.07, 6.45) is 2.60. The number of urea groups is 1. The van der Waals surface area contributed by atoms with Gasteiger partial charge >= 0.3 is 6.03 Å². The number of anilines is 1. The van der Waals surface area contributed by atoms with Gasteiger partial charge in [0.15, 0.2) is 0 Å². The van der Waals surface area contributed by atoms with Crippen molar-refractivity contribution in [3.63, 3.8) is 0 Å². The molecule has 0 spiro atoms. The summed E-state index contributed by atoms with van der Waals surface area (Å²) >= 11 is 0. The largest absolute Gasteiger partial charge is 0.396 e. The molecule has 1 fully saturated rings. The number of benzene rings is 1. The molecule has 0 radical (unpaired) electrons. The summed E-state index contributed by atoms with van der Waals surface area (Å²) in [5, 5.41) is 23.2. The first-order valence-electron chi connectivity index (χ1n) is 6.52. The van der Waals surface area contributed by atoms with Crippen LogP contribution in [0.2, 0.25) is 0 Å². The van der Waals surface area contributed by atoms with Crippen molar-refractivity contribution in [1.82, 2.24) is 5.32 Å².